The van der Waals surface area contributed by atoms with Crippen molar-refractivity contribution < 1.29 is 9.53 Å². The molecule has 0 atom stereocenters. The number of ether oxygens (including phenoxy) is 1. The maximum atomic E-state index is 12.5. The third-order valence-electron chi connectivity index (χ3n) is 5.92. The van der Waals surface area contributed by atoms with E-state index in [4.69, 9.17) is 4.74 Å². The first-order valence-corrected chi connectivity index (χ1v) is 11.1. The van der Waals surface area contributed by atoms with Gasteiger partial charge >= 0.3 is 0 Å². The maximum absolute atomic E-state index is 12.5. The fourth-order valence-electron chi connectivity index (χ4n) is 4.07. The first kappa shape index (κ1) is 20.7. The zero-order valence-corrected chi connectivity index (χ0v) is 18.1. The number of carbonyl (C=O) groups is 1. The van der Waals surface area contributed by atoms with Crippen molar-refractivity contribution in [2.24, 2.45) is 0 Å². The molecule has 0 spiro atoms. The van der Waals surface area contributed by atoms with Crippen LogP contribution in [0.5, 0.6) is 5.75 Å². The molecule has 1 aromatic carbocycles. The number of carbonyl (C=O) groups excluding carboxylic acids is 1. The van der Waals surface area contributed by atoms with Crippen LogP contribution >= 0.6 is 0 Å². The van der Waals surface area contributed by atoms with Crippen molar-refractivity contribution in [2.45, 2.75) is 45.6 Å². The van der Waals surface area contributed by atoms with Gasteiger partial charge in [0.15, 0.2) is 0 Å². The third-order valence-corrected chi connectivity index (χ3v) is 5.92. The highest BCUT2D eigenvalue weighted by atomic mass is 16.5. The van der Waals surface area contributed by atoms with Gasteiger partial charge in [-0.05, 0) is 63.8 Å². The molecule has 2 fully saturated rings. The number of hydrogen-bond donors (Lipinski definition) is 0. The van der Waals surface area contributed by atoms with Crippen LogP contribution in [0.3, 0.4) is 0 Å². The summed E-state index contributed by atoms with van der Waals surface area (Å²) < 4.78 is 7.96. The molecule has 6 nitrogen and oxygen atoms in total. The molecular weight excluding hydrogens is 376 g/mol. The fourth-order valence-corrected chi connectivity index (χ4v) is 4.07. The largest absolute Gasteiger partial charge is 0.490 e. The molecule has 2 saturated heterocycles. The van der Waals surface area contributed by atoms with Crippen molar-refractivity contribution in [1.29, 1.82) is 0 Å². The molecule has 0 saturated carbocycles. The van der Waals surface area contributed by atoms with E-state index < -0.39 is 0 Å². The van der Waals surface area contributed by atoms with Gasteiger partial charge in [-0.2, -0.15) is 5.10 Å². The first-order chi connectivity index (χ1) is 14.6. The number of rotatable bonds is 6. The van der Waals surface area contributed by atoms with E-state index in [1.165, 1.54) is 5.57 Å². The van der Waals surface area contributed by atoms with Gasteiger partial charge in [0.05, 0.1) is 17.4 Å². The number of piperidine rings is 1. The summed E-state index contributed by atoms with van der Waals surface area (Å²) in [7, 11) is 0. The van der Waals surface area contributed by atoms with Gasteiger partial charge in [0.25, 0.3) is 5.91 Å². The Morgan fingerprint density at radius 3 is 2.47 bits per heavy atom. The second-order valence-electron chi connectivity index (χ2n) is 8.57. The monoisotopic (exact) mass is 408 g/mol. The van der Waals surface area contributed by atoms with Crippen molar-refractivity contribution in [3.05, 3.63) is 53.9 Å². The summed E-state index contributed by atoms with van der Waals surface area (Å²) in [6, 6.07) is 7.98. The number of aromatic nitrogens is 2. The molecule has 0 unspecified atom stereocenters. The van der Waals surface area contributed by atoms with Crippen LogP contribution in [0.2, 0.25) is 0 Å². The number of allylic oxidation sites excluding steroid dienone is 1. The lowest BCUT2D eigenvalue weighted by molar-refractivity contribution is 0.0793. The lowest BCUT2D eigenvalue weighted by Crippen LogP contribution is -2.38. The maximum Gasteiger partial charge on any atom is 0.257 e. The van der Waals surface area contributed by atoms with Gasteiger partial charge < -0.3 is 9.64 Å². The highest BCUT2D eigenvalue weighted by Crippen LogP contribution is 2.21. The molecule has 0 radical (unpaired) electrons. The van der Waals surface area contributed by atoms with Crippen molar-refractivity contribution in [3.63, 3.8) is 0 Å². The zero-order chi connectivity index (χ0) is 20.9. The Balaban J connectivity index is 1.30. The molecule has 30 heavy (non-hydrogen) atoms. The predicted molar refractivity (Wildman–Crippen MR) is 118 cm³/mol. The molecule has 160 valence electrons. The van der Waals surface area contributed by atoms with E-state index in [0.717, 1.165) is 69.8 Å². The van der Waals surface area contributed by atoms with Crippen LogP contribution in [0.1, 0.15) is 49.9 Å². The van der Waals surface area contributed by atoms with E-state index in [1.807, 2.05) is 35.4 Å². The van der Waals surface area contributed by atoms with Crippen molar-refractivity contribution in [3.8, 4) is 11.4 Å². The highest BCUT2D eigenvalue weighted by Gasteiger charge is 2.21. The second kappa shape index (κ2) is 9.47. The summed E-state index contributed by atoms with van der Waals surface area (Å²) in [4.78, 5) is 16.9. The van der Waals surface area contributed by atoms with Gasteiger partial charge in [-0.25, -0.2) is 4.68 Å². The van der Waals surface area contributed by atoms with Crippen molar-refractivity contribution in [2.75, 3.05) is 32.7 Å². The summed E-state index contributed by atoms with van der Waals surface area (Å²) in [6.07, 6.45) is 10.3. The minimum atomic E-state index is 0.0784. The van der Waals surface area contributed by atoms with E-state index in [0.29, 0.717) is 5.56 Å². The molecule has 6 heteroatoms. The summed E-state index contributed by atoms with van der Waals surface area (Å²) in [5.41, 5.74) is 2.95. The van der Waals surface area contributed by atoms with Gasteiger partial charge in [-0.3, -0.25) is 9.69 Å². The summed E-state index contributed by atoms with van der Waals surface area (Å²) >= 11 is 0. The van der Waals surface area contributed by atoms with Crippen LogP contribution in [0.15, 0.2) is 48.3 Å². The molecule has 2 aliphatic rings. The van der Waals surface area contributed by atoms with Gasteiger partial charge in [0.2, 0.25) is 0 Å². The summed E-state index contributed by atoms with van der Waals surface area (Å²) in [5.74, 6) is 0.969. The Labute approximate surface area is 179 Å². The molecule has 1 amide bonds. The average Bonchev–Trinajstić information content (AvgIpc) is 3.46. The normalized spacial score (nSPS) is 17.9. The Bertz CT molecular complexity index is 869. The molecular formula is C24H32N4O2. The highest BCUT2D eigenvalue weighted by molar-refractivity contribution is 5.94. The smallest absolute Gasteiger partial charge is 0.257 e. The van der Waals surface area contributed by atoms with Gasteiger partial charge in [0.1, 0.15) is 11.9 Å². The lowest BCUT2D eigenvalue weighted by atomic mass is 10.1. The lowest BCUT2D eigenvalue weighted by Gasteiger charge is -2.31. The number of amides is 1. The van der Waals surface area contributed by atoms with Gasteiger partial charge in [0, 0.05) is 38.9 Å². The van der Waals surface area contributed by atoms with E-state index in [9.17, 15) is 4.79 Å². The molecule has 2 aromatic rings. The van der Waals surface area contributed by atoms with Crippen LogP contribution in [0, 0.1) is 0 Å². The number of likely N-dealkylation sites (tertiary alicyclic amines) is 2. The molecule has 1 aromatic heterocycles. The first-order valence-electron chi connectivity index (χ1n) is 11.1. The summed E-state index contributed by atoms with van der Waals surface area (Å²) in [6.45, 7) is 9.19. The van der Waals surface area contributed by atoms with Crippen LogP contribution < -0.4 is 4.74 Å². The SMILES string of the molecule is CC(C)=CCN1CCC(Oc2ccc(-n3cc(C(=O)N4CCCC4)cn3)cc2)CC1. The fraction of sp³-hybridized carbons (Fsp3) is 0.500. The Morgan fingerprint density at radius 2 is 1.80 bits per heavy atom. The van der Waals surface area contributed by atoms with Crippen LogP contribution in [0.4, 0.5) is 0 Å². The van der Waals surface area contributed by atoms with Gasteiger partial charge in [-0.1, -0.05) is 11.6 Å². The Hall–Kier alpha value is -2.60. The summed E-state index contributed by atoms with van der Waals surface area (Å²) in [5, 5.41) is 4.38. The molecule has 0 N–H and O–H groups in total. The van der Waals surface area contributed by atoms with Crippen LogP contribution in [0.25, 0.3) is 5.69 Å². The van der Waals surface area contributed by atoms with Crippen molar-refractivity contribution in [1.82, 2.24) is 19.6 Å². The average molecular weight is 409 g/mol. The second-order valence-corrected chi connectivity index (χ2v) is 8.57. The van der Waals surface area contributed by atoms with Gasteiger partial charge in [-0.15, -0.1) is 0 Å². The number of benzene rings is 1. The quantitative estimate of drug-likeness (QED) is 0.680. The topological polar surface area (TPSA) is 50.6 Å². The van der Waals surface area contributed by atoms with E-state index in [1.54, 1.807) is 10.9 Å². The molecule has 3 heterocycles. The Kier molecular flexibility index (Phi) is 6.53. The van der Waals surface area contributed by atoms with Crippen LogP contribution in [-0.2, 0) is 0 Å². The Morgan fingerprint density at radius 1 is 1.10 bits per heavy atom. The number of hydrogen-bond acceptors (Lipinski definition) is 4. The molecule has 4 rings (SSSR count). The molecule has 2 aliphatic heterocycles. The van der Waals surface area contributed by atoms with E-state index in [2.05, 4.69) is 29.9 Å². The van der Waals surface area contributed by atoms with Crippen molar-refractivity contribution >= 4 is 5.91 Å². The zero-order valence-electron chi connectivity index (χ0n) is 18.1. The standard InChI is InChI=1S/C24H32N4O2/c1-19(2)9-14-26-15-10-23(11-16-26)30-22-7-5-21(6-8-22)28-18-20(17-25-28)24(29)27-12-3-4-13-27/h5-9,17-18,23H,3-4,10-16H2,1-2H3. The minimum absolute atomic E-state index is 0.0784. The predicted octanol–water partition coefficient (Wildman–Crippen LogP) is 3.92. The molecule has 0 bridgehead atoms. The molecule has 0 aliphatic carbocycles. The van der Waals surface area contributed by atoms with E-state index in [-0.39, 0.29) is 12.0 Å². The number of nitrogens with zero attached hydrogens (tertiary/aromatic N) is 4. The third kappa shape index (κ3) is 5.11. The minimum Gasteiger partial charge on any atom is -0.490 e. The van der Waals surface area contributed by atoms with E-state index >= 15 is 0 Å². The van der Waals surface area contributed by atoms with Crippen LogP contribution in [-0.4, -0.2) is 64.3 Å².